The van der Waals surface area contributed by atoms with Crippen LogP contribution in [-0.2, 0) is 71.1 Å². The molecule has 0 bridgehead atoms. The molecule has 0 aromatic carbocycles. The molecule has 4 aromatic rings. The molecule has 35 nitrogen and oxygen atoms in total. The van der Waals surface area contributed by atoms with Gasteiger partial charge in [-0.15, -0.1) is 0 Å². The van der Waals surface area contributed by atoms with E-state index >= 15 is 0 Å². The molecule has 14 fully saturated rings. The van der Waals surface area contributed by atoms with Crippen LogP contribution in [0.15, 0.2) is 0 Å². The summed E-state index contributed by atoms with van der Waals surface area (Å²) in [4.78, 5) is 81.1. The van der Waals surface area contributed by atoms with Crippen molar-refractivity contribution in [2.24, 2.45) is 0 Å². The molecule has 14 aliphatic rings. The Kier molecular flexibility index (Phi) is 16.2. The van der Waals surface area contributed by atoms with E-state index in [1.165, 1.54) is 0 Å². The number of aromatic nitrogens is 12. The molecule has 14 unspecified atom stereocenters. The van der Waals surface area contributed by atoms with Gasteiger partial charge in [0.15, 0.2) is 0 Å². The van der Waals surface area contributed by atoms with Crippen LogP contribution in [0.25, 0.3) is 0 Å². The monoisotopic (exact) mass is 1290 g/mol. The Morgan fingerprint density at radius 1 is 0.269 bits per heavy atom. The number of nitrogens with zero attached hydrogens (tertiary/aromatic N) is 20. The largest absolute Gasteiger partial charge is 0.373 e. The van der Waals surface area contributed by atoms with Crippen molar-refractivity contribution in [3.8, 4) is 0 Å². The molecule has 14 saturated heterocycles. The Labute approximate surface area is 535 Å². The molecular formula is C58H78N20O15. The lowest BCUT2D eigenvalue weighted by Crippen LogP contribution is -2.38. The van der Waals surface area contributed by atoms with Crippen molar-refractivity contribution in [1.82, 2.24) is 59.8 Å². The van der Waals surface area contributed by atoms with Gasteiger partial charge in [0.25, 0.3) is 0 Å². The number of ether oxygens (including phenoxy) is 15. The predicted molar refractivity (Wildman–Crippen MR) is 321 cm³/mol. The first kappa shape index (κ1) is 59.3. The Hall–Kier alpha value is -6.16. The number of hydrogen-bond donors (Lipinski definition) is 0. The third kappa shape index (κ3) is 16.4. The fraction of sp³-hybridized carbons (Fsp3) is 0.793. The van der Waals surface area contributed by atoms with E-state index < -0.39 is 0 Å². The lowest BCUT2D eigenvalue weighted by atomic mass is 9.97. The van der Waals surface area contributed by atoms with E-state index in [1.54, 1.807) is 0 Å². The maximum absolute atomic E-state index is 6.13. The quantitative estimate of drug-likeness (QED) is 0.0353. The highest BCUT2D eigenvalue weighted by atomic mass is 16.6. The molecule has 0 radical (unpaired) electrons. The third-order valence-corrected chi connectivity index (χ3v) is 17.8. The van der Waals surface area contributed by atoms with Crippen molar-refractivity contribution < 1.29 is 71.1 Å². The minimum absolute atomic E-state index is 0.00330. The van der Waals surface area contributed by atoms with Gasteiger partial charge in [-0.1, -0.05) is 0 Å². The highest BCUT2D eigenvalue weighted by molar-refractivity contribution is 5.63. The SMILES string of the molecule is CCOCN(CC1CO1)c1nc(N(CC2CO2)CC2CO2)nc(N(CC2CO2)c2nc(N(CC3CO3)c3nc(C(CC4CO4)CC4CO4)nc(N(CC4CO4)CC4CO4)n3)nc(N(CC3CO3)c3nc(N(CC4CO4)CC4CO4)nc(N(CC4CO4)CC4CO4)n3)n2)n1. The van der Waals surface area contributed by atoms with E-state index in [0.29, 0.717) is 212 Å². The van der Waals surface area contributed by atoms with Gasteiger partial charge in [0, 0.05) is 64.9 Å². The van der Waals surface area contributed by atoms with Gasteiger partial charge in [0.1, 0.15) is 12.6 Å². The van der Waals surface area contributed by atoms with Gasteiger partial charge >= 0.3 is 0 Å². The second kappa shape index (κ2) is 25.4. The zero-order chi connectivity index (χ0) is 61.5. The lowest BCUT2D eigenvalue weighted by Gasteiger charge is -2.30. The molecule has 35 heteroatoms. The summed E-state index contributed by atoms with van der Waals surface area (Å²) in [5, 5.41) is 0. The minimum Gasteiger partial charge on any atom is -0.373 e. The number of epoxide rings is 14. The van der Waals surface area contributed by atoms with E-state index in [2.05, 4.69) is 19.6 Å². The van der Waals surface area contributed by atoms with Crippen LogP contribution in [-0.4, -0.2) is 330 Å². The fourth-order valence-corrected chi connectivity index (χ4v) is 11.4. The van der Waals surface area contributed by atoms with Gasteiger partial charge < -0.3 is 95.6 Å². The minimum atomic E-state index is -0.254. The standard InChI is InChI=1S/C58H78N20O15/c1-2-79-31-75(13-43-27-90-43)52-62-51(74(11-41-25-88-41)12-42-26-89-42)66-55(67-52)78(16-46-30-93-46)58-69-56(76(14-44-28-91-44)53-60-47(32(3-33-17-80-33)4-34-18-81-34)59-48(63-53)71(5-35-19-82-35)6-36-20-83-36)68-57(70-58)77(15-45-29-92-45)54-64-49(72(7-37-21-84-37)8-38-22-85-38)61-50(65-54)73(9-39-23-86-39)10-40-24-87-40/h32-46H,2-31H2,1H3. The topological polar surface area (TPSA) is 365 Å². The summed E-state index contributed by atoms with van der Waals surface area (Å²) in [6, 6.07) is 0. The average molecular weight is 1300 g/mol. The first-order valence-electron chi connectivity index (χ1n) is 33.1. The van der Waals surface area contributed by atoms with Gasteiger partial charge in [-0.05, 0) is 19.8 Å². The van der Waals surface area contributed by atoms with Crippen LogP contribution in [0.1, 0.15) is 31.5 Å². The highest BCUT2D eigenvalue weighted by Crippen LogP contribution is 2.39. The van der Waals surface area contributed by atoms with Crippen LogP contribution in [0, 0.1) is 0 Å². The second-order valence-electron chi connectivity index (χ2n) is 26.3. The molecule has 4 aromatic heterocycles. The molecule has 18 rings (SSSR count). The first-order chi connectivity index (χ1) is 45.8. The summed E-state index contributed by atoms with van der Waals surface area (Å²) in [6.45, 7) is 16.6. The van der Waals surface area contributed by atoms with Crippen LogP contribution in [0.3, 0.4) is 0 Å². The summed E-state index contributed by atoms with van der Waals surface area (Å²) < 4.78 is 88.9. The summed E-state index contributed by atoms with van der Waals surface area (Å²) in [5.74, 6) is 4.01. The molecule has 0 N–H and O–H groups in total. The molecule has 0 amide bonds. The van der Waals surface area contributed by atoms with Crippen molar-refractivity contribution >= 4 is 65.4 Å². The van der Waals surface area contributed by atoms with Crippen LogP contribution in [0.4, 0.5) is 65.4 Å². The molecular weight excluding hydrogens is 1220 g/mol. The summed E-state index contributed by atoms with van der Waals surface area (Å²) in [7, 11) is 0. The molecule has 0 spiro atoms. The van der Waals surface area contributed by atoms with Crippen molar-refractivity contribution in [3.63, 3.8) is 0 Å². The van der Waals surface area contributed by atoms with Crippen LogP contribution in [0.2, 0.25) is 0 Å². The first-order valence-corrected chi connectivity index (χ1v) is 33.1. The van der Waals surface area contributed by atoms with Crippen LogP contribution in [0.5, 0.6) is 0 Å². The van der Waals surface area contributed by atoms with Crippen LogP contribution >= 0.6 is 0 Å². The molecule has 500 valence electrons. The van der Waals surface area contributed by atoms with Crippen molar-refractivity contribution in [2.45, 2.75) is 111 Å². The summed E-state index contributed by atoms with van der Waals surface area (Å²) in [6.07, 6.45) is 0.820. The van der Waals surface area contributed by atoms with Gasteiger partial charge in [0.2, 0.25) is 65.4 Å². The Morgan fingerprint density at radius 2 is 0.462 bits per heavy atom. The molecule has 0 aliphatic carbocycles. The maximum Gasteiger partial charge on any atom is 0.239 e. The Bertz CT molecular complexity index is 2970. The third-order valence-electron chi connectivity index (χ3n) is 17.8. The second-order valence-corrected chi connectivity index (χ2v) is 26.3. The smallest absolute Gasteiger partial charge is 0.239 e. The molecule has 18 heterocycles. The van der Waals surface area contributed by atoms with Crippen molar-refractivity contribution in [3.05, 3.63) is 5.82 Å². The normalized spacial score (nSPS) is 31.2. The number of hydrogen-bond acceptors (Lipinski definition) is 35. The van der Waals surface area contributed by atoms with Gasteiger partial charge in [-0.3, -0.25) is 14.7 Å². The zero-order valence-corrected chi connectivity index (χ0v) is 51.9. The van der Waals surface area contributed by atoms with E-state index in [-0.39, 0.29) is 147 Å². The van der Waals surface area contributed by atoms with E-state index in [1.807, 2.05) is 26.5 Å². The number of anilines is 11. The maximum atomic E-state index is 6.13. The summed E-state index contributed by atoms with van der Waals surface area (Å²) >= 11 is 0. The molecule has 0 saturated carbocycles. The van der Waals surface area contributed by atoms with Crippen molar-refractivity contribution in [2.75, 3.05) is 224 Å². The Morgan fingerprint density at radius 3 is 0.720 bits per heavy atom. The molecule has 14 aliphatic heterocycles. The van der Waals surface area contributed by atoms with Gasteiger partial charge in [-0.2, -0.15) is 59.8 Å². The Balaban J connectivity index is 0.824. The van der Waals surface area contributed by atoms with Gasteiger partial charge in [0.05, 0.1) is 204 Å². The fourth-order valence-electron chi connectivity index (χ4n) is 11.4. The summed E-state index contributed by atoms with van der Waals surface area (Å²) in [5.41, 5.74) is 0. The number of rotatable bonds is 43. The van der Waals surface area contributed by atoms with Crippen LogP contribution < -0.4 is 39.2 Å². The van der Waals surface area contributed by atoms with Gasteiger partial charge in [-0.25, -0.2) is 0 Å². The van der Waals surface area contributed by atoms with E-state index in [0.717, 1.165) is 0 Å². The van der Waals surface area contributed by atoms with E-state index in [4.69, 9.17) is 131 Å². The zero-order valence-electron chi connectivity index (χ0n) is 51.9. The van der Waals surface area contributed by atoms with Crippen molar-refractivity contribution in [1.29, 1.82) is 0 Å². The molecule has 93 heavy (non-hydrogen) atoms. The van der Waals surface area contributed by atoms with E-state index in [9.17, 15) is 0 Å². The molecule has 14 atom stereocenters. The predicted octanol–water partition coefficient (Wildman–Crippen LogP) is -1.69. The highest BCUT2D eigenvalue weighted by Gasteiger charge is 2.43. The average Bonchev–Trinajstić information content (AvgIpc) is 1.13. The lowest BCUT2D eigenvalue weighted by molar-refractivity contribution is 0.145.